The molecule has 0 amide bonds. The highest BCUT2D eigenvalue weighted by Gasteiger charge is 2.31. The number of nitriles is 1. The zero-order valence-corrected chi connectivity index (χ0v) is 15.3. The highest BCUT2D eigenvalue weighted by Crippen LogP contribution is 2.26. The van der Waals surface area contributed by atoms with E-state index in [0.29, 0.717) is 25.9 Å². The first-order chi connectivity index (χ1) is 12.5. The Hall–Kier alpha value is -2.56. The molecule has 0 unspecified atom stereocenters. The molecule has 0 aromatic heterocycles. The van der Waals surface area contributed by atoms with Gasteiger partial charge in [-0.1, -0.05) is 12.1 Å². The van der Waals surface area contributed by atoms with E-state index >= 15 is 0 Å². The SMILES string of the molecule is COc1ccc(OC2CCN(S(=O)(=O)c3ccccc3C#N)CC2)cc1. The number of sulfonamides is 1. The Morgan fingerprint density at radius 2 is 1.65 bits per heavy atom. The average molecular weight is 372 g/mol. The first-order valence-corrected chi connectivity index (χ1v) is 9.78. The molecule has 1 fully saturated rings. The van der Waals surface area contributed by atoms with Crippen molar-refractivity contribution in [2.75, 3.05) is 20.2 Å². The second kappa shape index (κ2) is 7.77. The van der Waals surface area contributed by atoms with Crippen molar-refractivity contribution in [2.24, 2.45) is 0 Å². The normalized spacial score (nSPS) is 16.0. The van der Waals surface area contributed by atoms with Gasteiger partial charge in [-0.05, 0) is 49.2 Å². The molecule has 26 heavy (non-hydrogen) atoms. The number of rotatable bonds is 5. The van der Waals surface area contributed by atoms with Crippen LogP contribution in [0.3, 0.4) is 0 Å². The molecule has 0 radical (unpaired) electrons. The summed E-state index contributed by atoms with van der Waals surface area (Å²) >= 11 is 0. The molecular formula is C19H20N2O4S. The Kier molecular flexibility index (Phi) is 5.45. The summed E-state index contributed by atoms with van der Waals surface area (Å²) in [6.07, 6.45) is 1.15. The second-order valence-corrected chi connectivity index (χ2v) is 7.91. The van der Waals surface area contributed by atoms with Crippen LogP contribution in [0.2, 0.25) is 0 Å². The van der Waals surface area contributed by atoms with Crippen LogP contribution >= 0.6 is 0 Å². The summed E-state index contributed by atoms with van der Waals surface area (Å²) in [5.41, 5.74) is 0.170. The van der Waals surface area contributed by atoms with Gasteiger partial charge in [0.05, 0.1) is 17.6 Å². The number of methoxy groups -OCH3 is 1. The summed E-state index contributed by atoms with van der Waals surface area (Å²) in [7, 11) is -2.06. The van der Waals surface area contributed by atoms with Gasteiger partial charge in [-0.3, -0.25) is 0 Å². The summed E-state index contributed by atoms with van der Waals surface area (Å²) in [6.45, 7) is 0.728. The predicted molar refractivity (Wildman–Crippen MR) is 96.6 cm³/mol. The average Bonchev–Trinajstić information content (AvgIpc) is 2.69. The summed E-state index contributed by atoms with van der Waals surface area (Å²) in [5, 5.41) is 9.16. The summed E-state index contributed by atoms with van der Waals surface area (Å²) < 4.78 is 38.1. The largest absolute Gasteiger partial charge is 0.497 e. The van der Waals surface area contributed by atoms with Gasteiger partial charge in [0.1, 0.15) is 23.7 Å². The fraction of sp³-hybridized carbons (Fsp3) is 0.316. The highest BCUT2D eigenvalue weighted by atomic mass is 32.2. The molecule has 1 aliphatic heterocycles. The number of benzene rings is 2. The molecule has 0 spiro atoms. The molecule has 136 valence electrons. The van der Waals surface area contributed by atoms with Crippen molar-refractivity contribution in [1.82, 2.24) is 4.31 Å². The van der Waals surface area contributed by atoms with Gasteiger partial charge < -0.3 is 9.47 Å². The minimum Gasteiger partial charge on any atom is -0.497 e. The van der Waals surface area contributed by atoms with Crippen LogP contribution in [0, 0.1) is 11.3 Å². The molecule has 6 nitrogen and oxygen atoms in total. The van der Waals surface area contributed by atoms with Crippen LogP contribution in [-0.2, 0) is 10.0 Å². The van der Waals surface area contributed by atoms with Crippen molar-refractivity contribution >= 4 is 10.0 Å². The Morgan fingerprint density at radius 1 is 1.04 bits per heavy atom. The zero-order chi connectivity index (χ0) is 18.6. The minimum absolute atomic E-state index is 0.0407. The number of piperidine rings is 1. The van der Waals surface area contributed by atoms with Crippen molar-refractivity contribution in [3.05, 3.63) is 54.1 Å². The van der Waals surface area contributed by atoms with Crippen LogP contribution < -0.4 is 9.47 Å². The van der Waals surface area contributed by atoms with Gasteiger partial charge in [0.2, 0.25) is 10.0 Å². The van der Waals surface area contributed by atoms with Crippen LogP contribution in [0.15, 0.2) is 53.4 Å². The predicted octanol–water partition coefficient (Wildman–Crippen LogP) is 2.80. The number of ether oxygens (including phenoxy) is 2. The summed E-state index contributed by atoms with van der Waals surface area (Å²) in [6, 6.07) is 15.6. The van der Waals surface area contributed by atoms with E-state index in [2.05, 4.69) is 0 Å². The van der Waals surface area contributed by atoms with Gasteiger partial charge in [-0.2, -0.15) is 9.57 Å². The van der Waals surface area contributed by atoms with Gasteiger partial charge in [-0.15, -0.1) is 0 Å². The van der Waals surface area contributed by atoms with Gasteiger partial charge >= 0.3 is 0 Å². The molecule has 7 heteroatoms. The quantitative estimate of drug-likeness (QED) is 0.806. The van der Waals surface area contributed by atoms with Crippen LogP contribution in [0.5, 0.6) is 11.5 Å². The van der Waals surface area contributed by atoms with Gasteiger partial charge in [0.15, 0.2) is 0 Å². The van der Waals surface area contributed by atoms with Crippen LogP contribution in [-0.4, -0.2) is 39.0 Å². The third kappa shape index (κ3) is 3.82. The first-order valence-electron chi connectivity index (χ1n) is 8.34. The molecule has 0 atom stereocenters. The van der Waals surface area contributed by atoms with E-state index in [9.17, 15) is 8.42 Å². The molecular weight excluding hydrogens is 352 g/mol. The molecule has 1 heterocycles. The van der Waals surface area contributed by atoms with E-state index in [1.54, 1.807) is 19.2 Å². The Labute approximate surface area is 153 Å². The first kappa shape index (κ1) is 18.2. The minimum atomic E-state index is -3.67. The Balaban J connectivity index is 1.65. The molecule has 3 rings (SSSR count). The van der Waals surface area contributed by atoms with Crippen LogP contribution in [0.1, 0.15) is 18.4 Å². The van der Waals surface area contributed by atoms with E-state index in [1.165, 1.54) is 16.4 Å². The Bertz CT molecular complexity index is 896. The Morgan fingerprint density at radius 3 is 2.27 bits per heavy atom. The molecule has 2 aromatic rings. The van der Waals surface area contributed by atoms with E-state index < -0.39 is 10.0 Å². The van der Waals surface area contributed by atoms with E-state index in [1.807, 2.05) is 30.3 Å². The molecule has 0 N–H and O–H groups in total. The van der Waals surface area contributed by atoms with Crippen molar-refractivity contribution in [1.29, 1.82) is 5.26 Å². The molecule has 0 saturated carbocycles. The lowest BCUT2D eigenvalue weighted by Gasteiger charge is -2.31. The molecule has 1 saturated heterocycles. The van der Waals surface area contributed by atoms with E-state index in [-0.39, 0.29) is 16.6 Å². The van der Waals surface area contributed by atoms with E-state index in [4.69, 9.17) is 14.7 Å². The number of hydrogen-bond acceptors (Lipinski definition) is 5. The lowest BCUT2D eigenvalue weighted by molar-refractivity contribution is 0.135. The number of hydrogen-bond donors (Lipinski definition) is 0. The molecule has 0 aliphatic carbocycles. The topological polar surface area (TPSA) is 79.6 Å². The lowest BCUT2D eigenvalue weighted by atomic mass is 10.1. The van der Waals surface area contributed by atoms with Gasteiger partial charge in [0.25, 0.3) is 0 Å². The monoisotopic (exact) mass is 372 g/mol. The maximum Gasteiger partial charge on any atom is 0.244 e. The second-order valence-electron chi connectivity index (χ2n) is 6.00. The smallest absolute Gasteiger partial charge is 0.244 e. The maximum absolute atomic E-state index is 12.8. The van der Waals surface area contributed by atoms with Crippen molar-refractivity contribution in [3.8, 4) is 17.6 Å². The lowest BCUT2D eigenvalue weighted by Crippen LogP contribution is -2.41. The highest BCUT2D eigenvalue weighted by molar-refractivity contribution is 7.89. The van der Waals surface area contributed by atoms with Crippen LogP contribution in [0.4, 0.5) is 0 Å². The van der Waals surface area contributed by atoms with Crippen molar-refractivity contribution in [2.45, 2.75) is 23.8 Å². The fourth-order valence-electron chi connectivity index (χ4n) is 2.96. The standard InChI is InChI=1S/C19H20N2O4S/c1-24-16-6-8-17(9-7-16)25-18-10-12-21(13-11-18)26(22,23)19-5-3-2-4-15(19)14-20/h2-9,18H,10-13H2,1H3. The third-order valence-corrected chi connectivity index (χ3v) is 6.35. The van der Waals surface area contributed by atoms with E-state index in [0.717, 1.165) is 11.5 Å². The maximum atomic E-state index is 12.8. The van der Waals surface area contributed by atoms with Gasteiger partial charge in [-0.25, -0.2) is 8.42 Å². The fourth-order valence-corrected chi connectivity index (χ4v) is 4.57. The number of nitrogens with zero attached hydrogens (tertiary/aromatic N) is 2. The van der Waals surface area contributed by atoms with Crippen LogP contribution in [0.25, 0.3) is 0 Å². The molecule has 0 bridgehead atoms. The molecule has 1 aliphatic rings. The summed E-state index contributed by atoms with van der Waals surface area (Å²) in [5.74, 6) is 1.50. The third-order valence-electron chi connectivity index (χ3n) is 4.39. The molecule has 2 aromatic carbocycles. The van der Waals surface area contributed by atoms with Gasteiger partial charge in [0, 0.05) is 13.1 Å². The van der Waals surface area contributed by atoms with Crippen molar-refractivity contribution < 1.29 is 17.9 Å². The zero-order valence-electron chi connectivity index (χ0n) is 14.5. The van der Waals surface area contributed by atoms with Crippen molar-refractivity contribution in [3.63, 3.8) is 0 Å². The summed E-state index contributed by atoms with van der Waals surface area (Å²) in [4.78, 5) is 0.0667.